The second kappa shape index (κ2) is 7.09. The van der Waals surface area contributed by atoms with Crippen molar-refractivity contribution in [3.8, 4) is 5.88 Å². The summed E-state index contributed by atoms with van der Waals surface area (Å²) in [5.74, 6) is 0.570. The Morgan fingerprint density at radius 1 is 1.32 bits per heavy atom. The summed E-state index contributed by atoms with van der Waals surface area (Å²) in [7, 11) is 1.91. The molecule has 0 aromatic carbocycles. The molecule has 1 atom stereocenters. The van der Waals surface area contributed by atoms with Crippen molar-refractivity contribution in [3.63, 3.8) is 0 Å². The Balaban J connectivity index is 1.66. The lowest BCUT2D eigenvalue weighted by atomic mass is 9.94. The number of carbonyl (C=O) groups excluding carboxylic acids is 1. The van der Waals surface area contributed by atoms with Gasteiger partial charge in [-0.1, -0.05) is 19.3 Å². The summed E-state index contributed by atoms with van der Waals surface area (Å²) in [6.07, 6.45) is 8.51. The highest BCUT2D eigenvalue weighted by Gasteiger charge is 2.24. The van der Waals surface area contributed by atoms with Crippen LogP contribution in [0, 0.1) is 0 Å². The standard InChI is InChI=1S/C17H24N2O3/c1-19(14-5-3-2-4-6-14)17(20)13-7-9-18-16(11-13)22-15-8-10-21-12-15/h7,9,11,14-15H,2-6,8,10,12H2,1H3. The third kappa shape index (κ3) is 3.58. The molecule has 1 aromatic rings. The van der Waals surface area contributed by atoms with Gasteiger partial charge in [0.05, 0.1) is 13.2 Å². The summed E-state index contributed by atoms with van der Waals surface area (Å²) in [4.78, 5) is 18.7. The molecule has 2 fully saturated rings. The van der Waals surface area contributed by atoms with Gasteiger partial charge in [-0.15, -0.1) is 0 Å². The van der Waals surface area contributed by atoms with Gasteiger partial charge in [-0.2, -0.15) is 0 Å². The molecular weight excluding hydrogens is 280 g/mol. The number of amides is 1. The average Bonchev–Trinajstić information content (AvgIpc) is 3.07. The highest BCUT2D eigenvalue weighted by molar-refractivity contribution is 5.94. The van der Waals surface area contributed by atoms with Crippen molar-refractivity contribution in [2.24, 2.45) is 0 Å². The van der Waals surface area contributed by atoms with E-state index in [-0.39, 0.29) is 12.0 Å². The normalized spacial score (nSPS) is 22.5. The highest BCUT2D eigenvalue weighted by atomic mass is 16.5. The molecule has 0 N–H and O–H groups in total. The molecule has 1 saturated carbocycles. The largest absolute Gasteiger partial charge is 0.472 e. The molecule has 22 heavy (non-hydrogen) atoms. The van der Waals surface area contributed by atoms with Crippen molar-refractivity contribution in [2.75, 3.05) is 20.3 Å². The Morgan fingerprint density at radius 2 is 2.14 bits per heavy atom. The second-order valence-corrected chi connectivity index (χ2v) is 6.19. The Bertz CT molecular complexity index is 508. The van der Waals surface area contributed by atoms with Gasteiger partial charge in [-0.3, -0.25) is 4.79 Å². The number of carbonyl (C=O) groups is 1. The molecule has 1 unspecified atom stereocenters. The second-order valence-electron chi connectivity index (χ2n) is 6.19. The molecule has 0 bridgehead atoms. The number of hydrogen-bond donors (Lipinski definition) is 0. The maximum Gasteiger partial charge on any atom is 0.254 e. The Morgan fingerprint density at radius 3 is 2.86 bits per heavy atom. The van der Waals surface area contributed by atoms with Crippen LogP contribution in [-0.2, 0) is 4.74 Å². The quantitative estimate of drug-likeness (QED) is 0.858. The zero-order valence-corrected chi connectivity index (χ0v) is 13.2. The molecule has 5 heteroatoms. The van der Waals surface area contributed by atoms with E-state index in [0.717, 1.165) is 25.9 Å². The number of rotatable bonds is 4. The molecule has 5 nitrogen and oxygen atoms in total. The molecule has 1 saturated heterocycles. The third-order valence-electron chi connectivity index (χ3n) is 4.60. The molecule has 0 radical (unpaired) electrons. The van der Waals surface area contributed by atoms with E-state index in [1.54, 1.807) is 18.3 Å². The Labute approximate surface area is 131 Å². The SMILES string of the molecule is CN(C(=O)c1ccnc(OC2CCOC2)c1)C1CCCCC1. The Hall–Kier alpha value is -1.62. The fraction of sp³-hybridized carbons (Fsp3) is 0.647. The monoisotopic (exact) mass is 304 g/mol. The zero-order valence-electron chi connectivity index (χ0n) is 13.2. The van der Waals surface area contributed by atoms with Crippen LogP contribution in [0.25, 0.3) is 0 Å². The first-order valence-corrected chi connectivity index (χ1v) is 8.21. The van der Waals surface area contributed by atoms with E-state index in [1.165, 1.54) is 19.3 Å². The number of ether oxygens (including phenoxy) is 2. The summed E-state index contributed by atoms with van der Waals surface area (Å²) in [5, 5.41) is 0. The molecule has 1 aromatic heterocycles. The molecule has 1 aliphatic carbocycles. The molecule has 0 spiro atoms. The van der Waals surface area contributed by atoms with Gasteiger partial charge in [-0.05, 0) is 18.9 Å². The predicted octanol–water partition coefficient (Wildman–Crippen LogP) is 2.65. The summed E-state index contributed by atoms with van der Waals surface area (Å²) in [5.41, 5.74) is 0.650. The van der Waals surface area contributed by atoms with Gasteiger partial charge in [0.2, 0.25) is 5.88 Å². The van der Waals surface area contributed by atoms with Gasteiger partial charge in [0, 0.05) is 37.3 Å². The van der Waals surface area contributed by atoms with E-state index in [1.807, 2.05) is 11.9 Å². The van der Waals surface area contributed by atoms with Crippen LogP contribution in [0.15, 0.2) is 18.3 Å². The average molecular weight is 304 g/mol. The first kappa shape index (κ1) is 15.3. The van der Waals surface area contributed by atoms with E-state index in [4.69, 9.17) is 9.47 Å². The van der Waals surface area contributed by atoms with Gasteiger partial charge in [0.25, 0.3) is 5.91 Å². The van der Waals surface area contributed by atoms with Crippen molar-refractivity contribution in [3.05, 3.63) is 23.9 Å². The fourth-order valence-electron chi connectivity index (χ4n) is 3.22. The minimum absolute atomic E-state index is 0.0499. The van der Waals surface area contributed by atoms with Crippen LogP contribution in [0.2, 0.25) is 0 Å². The van der Waals surface area contributed by atoms with Crippen LogP contribution in [-0.4, -0.2) is 48.2 Å². The van der Waals surface area contributed by atoms with E-state index in [2.05, 4.69) is 4.98 Å². The maximum absolute atomic E-state index is 12.7. The minimum atomic E-state index is 0.0499. The van der Waals surface area contributed by atoms with Crippen molar-refractivity contribution in [1.82, 2.24) is 9.88 Å². The summed E-state index contributed by atoms with van der Waals surface area (Å²) in [6.45, 7) is 1.33. The summed E-state index contributed by atoms with van der Waals surface area (Å²) < 4.78 is 11.1. The maximum atomic E-state index is 12.7. The van der Waals surface area contributed by atoms with Crippen LogP contribution in [0.5, 0.6) is 5.88 Å². The molecular formula is C17H24N2O3. The first-order valence-electron chi connectivity index (χ1n) is 8.21. The lowest BCUT2D eigenvalue weighted by Crippen LogP contribution is -2.38. The molecule has 2 aliphatic rings. The topological polar surface area (TPSA) is 51.7 Å². The van der Waals surface area contributed by atoms with E-state index in [9.17, 15) is 4.79 Å². The van der Waals surface area contributed by atoms with Crippen LogP contribution in [0.1, 0.15) is 48.9 Å². The number of pyridine rings is 1. The van der Waals surface area contributed by atoms with Crippen molar-refractivity contribution in [2.45, 2.75) is 50.7 Å². The number of nitrogens with zero attached hydrogens (tertiary/aromatic N) is 2. The van der Waals surface area contributed by atoms with Crippen molar-refractivity contribution < 1.29 is 14.3 Å². The minimum Gasteiger partial charge on any atom is -0.472 e. The van der Waals surface area contributed by atoms with Gasteiger partial charge < -0.3 is 14.4 Å². The highest BCUT2D eigenvalue weighted by Crippen LogP contribution is 2.23. The van der Waals surface area contributed by atoms with E-state index in [0.29, 0.717) is 24.1 Å². The summed E-state index contributed by atoms with van der Waals surface area (Å²) >= 11 is 0. The number of hydrogen-bond acceptors (Lipinski definition) is 4. The van der Waals surface area contributed by atoms with Gasteiger partial charge in [-0.25, -0.2) is 4.98 Å². The van der Waals surface area contributed by atoms with Gasteiger partial charge in [0.15, 0.2) is 0 Å². The lowest BCUT2D eigenvalue weighted by Gasteiger charge is -2.31. The van der Waals surface area contributed by atoms with Crippen LogP contribution in [0.4, 0.5) is 0 Å². The van der Waals surface area contributed by atoms with Crippen LogP contribution < -0.4 is 4.74 Å². The molecule has 3 rings (SSSR count). The third-order valence-corrected chi connectivity index (χ3v) is 4.60. The lowest BCUT2D eigenvalue weighted by molar-refractivity contribution is 0.0695. The smallest absolute Gasteiger partial charge is 0.254 e. The van der Waals surface area contributed by atoms with Gasteiger partial charge in [0.1, 0.15) is 6.10 Å². The summed E-state index contributed by atoms with van der Waals surface area (Å²) in [6, 6.07) is 3.88. The molecule has 1 amide bonds. The van der Waals surface area contributed by atoms with Crippen LogP contribution in [0.3, 0.4) is 0 Å². The van der Waals surface area contributed by atoms with E-state index >= 15 is 0 Å². The van der Waals surface area contributed by atoms with Crippen LogP contribution >= 0.6 is 0 Å². The predicted molar refractivity (Wildman–Crippen MR) is 83.1 cm³/mol. The first-order chi connectivity index (χ1) is 10.7. The fourth-order valence-corrected chi connectivity index (χ4v) is 3.22. The van der Waals surface area contributed by atoms with Crippen molar-refractivity contribution >= 4 is 5.91 Å². The molecule has 2 heterocycles. The van der Waals surface area contributed by atoms with E-state index < -0.39 is 0 Å². The van der Waals surface area contributed by atoms with Crippen molar-refractivity contribution in [1.29, 1.82) is 0 Å². The molecule has 1 aliphatic heterocycles. The number of aromatic nitrogens is 1. The molecule has 120 valence electrons. The Kier molecular flexibility index (Phi) is 4.93. The van der Waals surface area contributed by atoms with Gasteiger partial charge >= 0.3 is 0 Å². The zero-order chi connectivity index (χ0) is 15.4.